The molecule has 104 valence electrons. The summed E-state index contributed by atoms with van der Waals surface area (Å²) in [6.45, 7) is 8.01. The van der Waals surface area contributed by atoms with E-state index >= 15 is 0 Å². The topological polar surface area (TPSA) is 92.5 Å². The van der Waals surface area contributed by atoms with Crippen LogP contribution in [0.2, 0.25) is 0 Å². The first kappa shape index (κ1) is 14.9. The molecule has 6 nitrogen and oxygen atoms in total. The zero-order chi connectivity index (χ0) is 14.8. The van der Waals surface area contributed by atoms with Gasteiger partial charge in [-0.2, -0.15) is 0 Å². The van der Waals surface area contributed by atoms with E-state index in [2.05, 4.69) is 5.32 Å². The smallest absolute Gasteiger partial charge is 0.338 e. The molecule has 0 radical (unpaired) electrons. The van der Waals surface area contributed by atoms with Crippen molar-refractivity contribution in [3.05, 3.63) is 33.9 Å². The van der Waals surface area contributed by atoms with Crippen LogP contribution in [0, 0.1) is 15.5 Å². The van der Waals surface area contributed by atoms with Crippen LogP contribution in [-0.2, 0) is 0 Å². The molecule has 1 unspecified atom stereocenters. The summed E-state index contributed by atoms with van der Waals surface area (Å²) in [6.07, 6.45) is 0. The third-order valence-electron chi connectivity index (χ3n) is 3.12. The molecular formula is C13H18N2O4. The highest BCUT2D eigenvalue weighted by Crippen LogP contribution is 2.27. The van der Waals surface area contributed by atoms with Crippen LogP contribution in [0.4, 0.5) is 11.4 Å². The molecule has 0 saturated heterocycles. The Balaban J connectivity index is 3.14. The van der Waals surface area contributed by atoms with Gasteiger partial charge in [-0.25, -0.2) is 4.79 Å². The first-order valence-electron chi connectivity index (χ1n) is 5.91. The minimum atomic E-state index is -1.19. The van der Waals surface area contributed by atoms with Crippen molar-refractivity contribution in [2.24, 2.45) is 5.41 Å². The summed E-state index contributed by atoms with van der Waals surface area (Å²) in [5.74, 6) is -1.19. The summed E-state index contributed by atoms with van der Waals surface area (Å²) >= 11 is 0. The summed E-state index contributed by atoms with van der Waals surface area (Å²) in [4.78, 5) is 21.2. The van der Waals surface area contributed by atoms with Gasteiger partial charge in [-0.1, -0.05) is 20.8 Å². The molecule has 2 N–H and O–H groups in total. The molecule has 0 spiro atoms. The highest BCUT2D eigenvalue weighted by molar-refractivity contribution is 5.95. The number of non-ortho nitro benzene ring substituents is 1. The number of carboxylic acids is 1. The van der Waals surface area contributed by atoms with E-state index in [1.165, 1.54) is 12.1 Å². The fourth-order valence-corrected chi connectivity index (χ4v) is 1.40. The monoisotopic (exact) mass is 266 g/mol. The number of nitrogens with one attached hydrogen (secondary N) is 1. The molecule has 0 aliphatic heterocycles. The molecule has 0 heterocycles. The van der Waals surface area contributed by atoms with E-state index < -0.39 is 10.9 Å². The van der Waals surface area contributed by atoms with Gasteiger partial charge < -0.3 is 10.4 Å². The van der Waals surface area contributed by atoms with E-state index in [1.807, 2.05) is 27.7 Å². The van der Waals surface area contributed by atoms with E-state index in [0.29, 0.717) is 5.69 Å². The van der Waals surface area contributed by atoms with Crippen molar-refractivity contribution in [3.63, 3.8) is 0 Å². The number of anilines is 1. The molecule has 0 aliphatic carbocycles. The molecule has 0 fully saturated rings. The summed E-state index contributed by atoms with van der Waals surface area (Å²) in [5, 5.41) is 22.9. The maximum Gasteiger partial charge on any atom is 0.338 e. The van der Waals surface area contributed by atoms with Crippen LogP contribution in [0.15, 0.2) is 18.2 Å². The third-order valence-corrected chi connectivity index (χ3v) is 3.12. The lowest BCUT2D eigenvalue weighted by atomic mass is 9.88. The van der Waals surface area contributed by atoms with E-state index in [9.17, 15) is 14.9 Å². The van der Waals surface area contributed by atoms with Crippen LogP contribution < -0.4 is 5.32 Å². The lowest BCUT2D eigenvalue weighted by Gasteiger charge is -2.29. The maximum atomic E-state index is 11.2. The van der Waals surface area contributed by atoms with Gasteiger partial charge in [0.2, 0.25) is 0 Å². The Morgan fingerprint density at radius 3 is 2.42 bits per heavy atom. The number of nitro groups is 1. The Hall–Kier alpha value is -2.11. The minimum absolute atomic E-state index is 0.0204. The van der Waals surface area contributed by atoms with E-state index in [4.69, 9.17) is 5.11 Å². The zero-order valence-electron chi connectivity index (χ0n) is 11.4. The van der Waals surface area contributed by atoms with Gasteiger partial charge in [-0.05, 0) is 18.4 Å². The maximum absolute atomic E-state index is 11.2. The molecule has 0 saturated carbocycles. The molecule has 1 atom stereocenters. The van der Waals surface area contributed by atoms with Gasteiger partial charge in [0, 0.05) is 23.9 Å². The molecule has 6 heteroatoms. The number of aromatic carboxylic acids is 1. The largest absolute Gasteiger partial charge is 0.478 e. The molecule has 0 amide bonds. The van der Waals surface area contributed by atoms with Crippen LogP contribution in [0.1, 0.15) is 38.1 Å². The van der Waals surface area contributed by atoms with E-state index in [1.54, 1.807) is 0 Å². The number of hydrogen-bond acceptors (Lipinski definition) is 4. The average molecular weight is 266 g/mol. The van der Waals surface area contributed by atoms with Crippen molar-refractivity contribution in [2.75, 3.05) is 5.32 Å². The number of hydrogen-bond donors (Lipinski definition) is 2. The lowest BCUT2D eigenvalue weighted by molar-refractivity contribution is -0.384. The van der Waals surface area contributed by atoms with Crippen LogP contribution in [0.25, 0.3) is 0 Å². The fourth-order valence-electron chi connectivity index (χ4n) is 1.40. The number of nitro benzene ring substituents is 1. The fraction of sp³-hybridized carbons (Fsp3) is 0.462. The van der Waals surface area contributed by atoms with Crippen molar-refractivity contribution < 1.29 is 14.8 Å². The number of benzene rings is 1. The Morgan fingerprint density at radius 1 is 1.42 bits per heavy atom. The summed E-state index contributed by atoms with van der Waals surface area (Å²) in [7, 11) is 0. The van der Waals surface area contributed by atoms with Crippen molar-refractivity contribution in [2.45, 2.75) is 33.7 Å². The van der Waals surface area contributed by atoms with Gasteiger partial charge in [0.15, 0.2) is 0 Å². The number of carbonyl (C=O) groups is 1. The minimum Gasteiger partial charge on any atom is -0.478 e. The number of nitrogens with zero attached hydrogens (tertiary/aromatic N) is 1. The molecule has 0 aromatic heterocycles. The predicted molar refractivity (Wildman–Crippen MR) is 72.6 cm³/mol. The lowest BCUT2D eigenvalue weighted by Crippen LogP contribution is -2.31. The van der Waals surface area contributed by atoms with Gasteiger partial charge in [-0.15, -0.1) is 0 Å². The Bertz CT molecular complexity index is 506. The first-order valence-corrected chi connectivity index (χ1v) is 5.91. The van der Waals surface area contributed by atoms with Crippen molar-refractivity contribution >= 4 is 17.3 Å². The first-order chi connectivity index (χ1) is 8.62. The van der Waals surface area contributed by atoms with Crippen molar-refractivity contribution in [1.29, 1.82) is 0 Å². The average Bonchev–Trinajstić information content (AvgIpc) is 2.27. The Kier molecular flexibility index (Phi) is 4.14. The van der Waals surface area contributed by atoms with Crippen molar-refractivity contribution in [3.8, 4) is 0 Å². The molecular weight excluding hydrogens is 248 g/mol. The van der Waals surface area contributed by atoms with Crippen LogP contribution in [0.3, 0.4) is 0 Å². The van der Waals surface area contributed by atoms with Crippen LogP contribution in [-0.4, -0.2) is 22.0 Å². The molecule has 1 aromatic rings. The van der Waals surface area contributed by atoms with Gasteiger partial charge >= 0.3 is 5.97 Å². The van der Waals surface area contributed by atoms with Crippen LogP contribution >= 0.6 is 0 Å². The van der Waals surface area contributed by atoms with Gasteiger partial charge in [0.25, 0.3) is 5.69 Å². The second-order valence-corrected chi connectivity index (χ2v) is 5.52. The molecule has 1 rings (SSSR count). The summed E-state index contributed by atoms with van der Waals surface area (Å²) < 4.78 is 0. The predicted octanol–water partition coefficient (Wildman–Crippen LogP) is 3.14. The molecule has 0 bridgehead atoms. The quantitative estimate of drug-likeness (QED) is 0.645. The number of rotatable bonds is 4. The highest BCUT2D eigenvalue weighted by Gasteiger charge is 2.23. The van der Waals surface area contributed by atoms with E-state index in [0.717, 1.165) is 6.07 Å². The second kappa shape index (κ2) is 5.26. The highest BCUT2D eigenvalue weighted by atomic mass is 16.6. The Morgan fingerprint density at radius 2 is 2.00 bits per heavy atom. The second-order valence-electron chi connectivity index (χ2n) is 5.52. The summed E-state index contributed by atoms with van der Waals surface area (Å²) in [6, 6.07) is 3.82. The molecule has 0 aliphatic rings. The van der Waals surface area contributed by atoms with E-state index in [-0.39, 0.29) is 22.7 Å². The van der Waals surface area contributed by atoms with Gasteiger partial charge in [-0.3, -0.25) is 10.1 Å². The molecule has 19 heavy (non-hydrogen) atoms. The zero-order valence-corrected chi connectivity index (χ0v) is 11.4. The van der Waals surface area contributed by atoms with Crippen molar-refractivity contribution in [1.82, 2.24) is 0 Å². The normalized spacial score (nSPS) is 12.8. The standard InChI is InChI=1S/C13H18N2O4/c1-8(13(2,3)4)14-11-6-5-9(15(18)19)7-10(11)12(16)17/h5-8,14H,1-4H3,(H,16,17). The van der Waals surface area contributed by atoms with Gasteiger partial charge in [0.1, 0.15) is 0 Å². The SMILES string of the molecule is CC(Nc1ccc([N+](=O)[O-])cc1C(=O)O)C(C)(C)C. The Labute approximate surface area is 111 Å². The van der Waals surface area contributed by atoms with Gasteiger partial charge in [0.05, 0.1) is 10.5 Å². The number of carboxylic acid groups (broad SMARTS) is 1. The van der Waals surface area contributed by atoms with Crippen LogP contribution in [0.5, 0.6) is 0 Å². The third kappa shape index (κ3) is 3.67. The summed E-state index contributed by atoms with van der Waals surface area (Å²) in [5.41, 5.74) is 0.00885. The molecule has 1 aromatic carbocycles.